The molecule has 1 unspecified atom stereocenters. The average molecular weight is 227 g/mol. The summed E-state index contributed by atoms with van der Waals surface area (Å²) in [6.07, 6.45) is 5.38. The quantitative estimate of drug-likeness (QED) is 0.721. The second-order valence-electron chi connectivity index (χ2n) is 5.63. The van der Waals surface area contributed by atoms with Gasteiger partial charge in [0.15, 0.2) is 0 Å². The Labute approximate surface area is 98.9 Å². The summed E-state index contributed by atoms with van der Waals surface area (Å²) in [7, 11) is 0. The van der Waals surface area contributed by atoms with Crippen LogP contribution in [0, 0.1) is 5.41 Å². The van der Waals surface area contributed by atoms with Crippen LogP contribution in [-0.2, 0) is 9.47 Å². The minimum absolute atomic E-state index is 0.343. The normalized spacial score (nSPS) is 30.2. The van der Waals surface area contributed by atoms with Gasteiger partial charge < -0.3 is 14.8 Å². The largest absolute Gasteiger partial charge is 0.381 e. The highest BCUT2D eigenvalue weighted by Crippen LogP contribution is 2.33. The summed E-state index contributed by atoms with van der Waals surface area (Å²) in [4.78, 5) is 0. The zero-order chi connectivity index (χ0) is 11.4. The molecule has 0 aromatic rings. The molecule has 1 N–H and O–H groups in total. The monoisotopic (exact) mass is 227 g/mol. The molecule has 1 aliphatic carbocycles. The van der Waals surface area contributed by atoms with E-state index in [0.717, 1.165) is 38.8 Å². The zero-order valence-corrected chi connectivity index (χ0v) is 10.6. The Bertz CT molecular complexity index is 208. The fraction of sp³-hybridized carbons (Fsp3) is 1.00. The van der Waals surface area contributed by atoms with E-state index >= 15 is 0 Å². The Morgan fingerprint density at radius 2 is 2.25 bits per heavy atom. The van der Waals surface area contributed by atoms with E-state index in [1.54, 1.807) is 0 Å². The van der Waals surface area contributed by atoms with Gasteiger partial charge in [-0.3, -0.25) is 0 Å². The van der Waals surface area contributed by atoms with Crippen LogP contribution in [-0.4, -0.2) is 38.5 Å². The highest BCUT2D eigenvalue weighted by molar-refractivity contribution is 4.89. The number of hydrogen-bond acceptors (Lipinski definition) is 3. The lowest BCUT2D eigenvalue weighted by molar-refractivity contribution is 0.0453. The van der Waals surface area contributed by atoms with Crippen LogP contribution in [0.2, 0.25) is 0 Å². The Morgan fingerprint density at radius 1 is 1.44 bits per heavy atom. The van der Waals surface area contributed by atoms with E-state index in [1.807, 2.05) is 0 Å². The number of nitrogens with one attached hydrogen (secondary N) is 1. The van der Waals surface area contributed by atoms with Gasteiger partial charge in [-0.1, -0.05) is 0 Å². The van der Waals surface area contributed by atoms with Gasteiger partial charge in [0.2, 0.25) is 0 Å². The number of ether oxygens (including phenoxy) is 2. The lowest BCUT2D eigenvalue weighted by Gasteiger charge is -2.28. The highest BCUT2D eigenvalue weighted by Gasteiger charge is 2.36. The van der Waals surface area contributed by atoms with Crippen molar-refractivity contribution in [3.8, 4) is 0 Å². The van der Waals surface area contributed by atoms with Crippen molar-refractivity contribution in [2.75, 3.05) is 26.4 Å². The van der Waals surface area contributed by atoms with Gasteiger partial charge in [-0.15, -0.1) is 0 Å². The maximum Gasteiger partial charge on any atom is 0.0536 e. The minimum Gasteiger partial charge on any atom is -0.381 e. The van der Waals surface area contributed by atoms with Crippen molar-refractivity contribution in [1.29, 1.82) is 0 Å². The van der Waals surface area contributed by atoms with Crippen LogP contribution in [0.15, 0.2) is 0 Å². The van der Waals surface area contributed by atoms with Gasteiger partial charge in [0.1, 0.15) is 0 Å². The van der Waals surface area contributed by atoms with Crippen molar-refractivity contribution < 1.29 is 9.47 Å². The van der Waals surface area contributed by atoms with Crippen molar-refractivity contribution in [3.05, 3.63) is 0 Å². The molecule has 2 rings (SSSR count). The molecule has 2 aliphatic rings. The third-order valence-electron chi connectivity index (χ3n) is 3.61. The summed E-state index contributed by atoms with van der Waals surface area (Å²) in [5, 5.41) is 3.64. The molecule has 2 fully saturated rings. The van der Waals surface area contributed by atoms with Crippen molar-refractivity contribution in [2.24, 2.45) is 5.41 Å². The molecule has 0 aromatic heterocycles. The summed E-state index contributed by atoms with van der Waals surface area (Å²) in [5.41, 5.74) is 0.345. The first-order chi connectivity index (χ1) is 7.70. The Hall–Kier alpha value is -0.120. The fourth-order valence-electron chi connectivity index (χ4n) is 2.23. The van der Waals surface area contributed by atoms with Crippen LogP contribution in [0.4, 0.5) is 0 Å². The standard InChI is InChI=1S/C13H25NO2/c1-11(2)16-8-6-13(5-7-15-10-13)9-14-12-3-4-12/h11-12,14H,3-10H2,1-2H3. The van der Waals surface area contributed by atoms with Crippen LogP contribution in [0.1, 0.15) is 39.5 Å². The zero-order valence-electron chi connectivity index (χ0n) is 10.6. The summed E-state index contributed by atoms with van der Waals surface area (Å²) >= 11 is 0. The lowest BCUT2D eigenvalue weighted by atomic mass is 9.84. The van der Waals surface area contributed by atoms with Crippen LogP contribution in [0.25, 0.3) is 0 Å². The molecule has 94 valence electrons. The van der Waals surface area contributed by atoms with Crippen molar-refractivity contribution in [1.82, 2.24) is 5.32 Å². The molecule has 0 amide bonds. The van der Waals surface area contributed by atoms with Gasteiger partial charge in [0.05, 0.1) is 12.7 Å². The summed E-state index contributed by atoms with van der Waals surface area (Å²) in [5.74, 6) is 0. The lowest BCUT2D eigenvalue weighted by Crippen LogP contribution is -2.37. The second kappa shape index (κ2) is 5.48. The molecule has 0 radical (unpaired) electrons. The van der Waals surface area contributed by atoms with Gasteiger partial charge in [0.25, 0.3) is 0 Å². The smallest absolute Gasteiger partial charge is 0.0536 e. The molecule has 0 aromatic carbocycles. The van der Waals surface area contributed by atoms with Crippen LogP contribution in [0.5, 0.6) is 0 Å². The van der Waals surface area contributed by atoms with Gasteiger partial charge in [-0.2, -0.15) is 0 Å². The van der Waals surface area contributed by atoms with Crippen LogP contribution in [0.3, 0.4) is 0 Å². The molecule has 3 heteroatoms. The van der Waals surface area contributed by atoms with Gasteiger partial charge in [0, 0.05) is 31.2 Å². The van der Waals surface area contributed by atoms with Crippen molar-refractivity contribution in [2.45, 2.75) is 51.7 Å². The van der Waals surface area contributed by atoms with Gasteiger partial charge in [-0.25, -0.2) is 0 Å². The predicted molar refractivity (Wildman–Crippen MR) is 64.6 cm³/mol. The van der Waals surface area contributed by atoms with E-state index in [0.29, 0.717) is 11.5 Å². The molecule has 3 nitrogen and oxygen atoms in total. The Morgan fingerprint density at radius 3 is 2.81 bits per heavy atom. The molecular weight excluding hydrogens is 202 g/mol. The maximum absolute atomic E-state index is 5.67. The first-order valence-electron chi connectivity index (χ1n) is 6.63. The Kier molecular flexibility index (Phi) is 4.22. The molecule has 16 heavy (non-hydrogen) atoms. The molecular formula is C13H25NO2. The third-order valence-corrected chi connectivity index (χ3v) is 3.61. The second-order valence-corrected chi connectivity index (χ2v) is 5.63. The minimum atomic E-state index is 0.343. The van der Waals surface area contributed by atoms with E-state index in [1.165, 1.54) is 19.3 Å². The third kappa shape index (κ3) is 3.72. The van der Waals surface area contributed by atoms with E-state index < -0.39 is 0 Å². The van der Waals surface area contributed by atoms with E-state index in [2.05, 4.69) is 19.2 Å². The predicted octanol–water partition coefficient (Wildman–Crippen LogP) is 1.96. The maximum atomic E-state index is 5.67. The summed E-state index contributed by atoms with van der Waals surface area (Å²) in [6, 6.07) is 0.795. The summed E-state index contributed by atoms with van der Waals surface area (Å²) < 4.78 is 11.2. The van der Waals surface area contributed by atoms with E-state index in [9.17, 15) is 0 Å². The number of rotatable bonds is 7. The van der Waals surface area contributed by atoms with E-state index in [-0.39, 0.29) is 0 Å². The van der Waals surface area contributed by atoms with Gasteiger partial charge in [-0.05, 0) is 39.5 Å². The topological polar surface area (TPSA) is 30.5 Å². The number of hydrogen-bond donors (Lipinski definition) is 1. The molecule has 1 saturated heterocycles. The molecule has 0 bridgehead atoms. The molecule has 1 saturated carbocycles. The molecule has 1 atom stereocenters. The SMILES string of the molecule is CC(C)OCCC1(CNC2CC2)CCOC1. The Balaban J connectivity index is 1.72. The fourth-order valence-corrected chi connectivity index (χ4v) is 2.23. The van der Waals surface area contributed by atoms with Crippen molar-refractivity contribution in [3.63, 3.8) is 0 Å². The van der Waals surface area contributed by atoms with Crippen molar-refractivity contribution >= 4 is 0 Å². The van der Waals surface area contributed by atoms with Crippen LogP contribution < -0.4 is 5.32 Å². The van der Waals surface area contributed by atoms with Crippen LogP contribution >= 0.6 is 0 Å². The first-order valence-corrected chi connectivity index (χ1v) is 6.63. The molecule has 0 spiro atoms. The van der Waals surface area contributed by atoms with E-state index in [4.69, 9.17) is 9.47 Å². The summed E-state index contributed by atoms with van der Waals surface area (Å²) in [6.45, 7) is 8.01. The van der Waals surface area contributed by atoms with Gasteiger partial charge >= 0.3 is 0 Å². The molecule has 1 heterocycles. The average Bonchev–Trinajstić information content (AvgIpc) is 2.96. The first kappa shape index (κ1) is 12.3. The molecule has 1 aliphatic heterocycles. The highest BCUT2D eigenvalue weighted by atomic mass is 16.5.